The van der Waals surface area contributed by atoms with Crippen molar-refractivity contribution in [3.63, 3.8) is 0 Å². The minimum atomic E-state index is -0.261. The zero-order chi connectivity index (χ0) is 19.0. The Balaban J connectivity index is 1.55. The lowest BCUT2D eigenvalue weighted by atomic mass is 9.95. The van der Waals surface area contributed by atoms with Gasteiger partial charge in [0.1, 0.15) is 22.8 Å². The summed E-state index contributed by atoms with van der Waals surface area (Å²) < 4.78 is 18.4. The van der Waals surface area contributed by atoms with Gasteiger partial charge in [-0.1, -0.05) is 47.1 Å². The molecule has 3 aromatic rings. The number of halogens is 2. The first-order chi connectivity index (χ1) is 13.0. The zero-order valence-electron chi connectivity index (χ0n) is 14.8. The van der Waals surface area contributed by atoms with Crippen molar-refractivity contribution in [2.45, 2.75) is 25.2 Å². The molecule has 0 atom stereocenters. The lowest BCUT2D eigenvalue weighted by molar-refractivity contribution is 0.0948. The van der Waals surface area contributed by atoms with Gasteiger partial charge in [-0.15, -0.1) is 0 Å². The van der Waals surface area contributed by atoms with Gasteiger partial charge in [0.2, 0.25) is 0 Å². The van der Waals surface area contributed by atoms with Gasteiger partial charge in [0.15, 0.2) is 0 Å². The summed E-state index contributed by atoms with van der Waals surface area (Å²) in [6, 6.07) is 13.7. The quantitative estimate of drug-likeness (QED) is 0.680. The first-order valence-electron chi connectivity index (χ1n) is 8.76. The van der Waals surface area contributed by atoms with Crippen LogP contribution in [0.3, 0.4) is 0 Å². The molecule has 0 aliphatic heterocycles. The molecule has 1 heterocycles. The standard InChI is InChI=1S/C21H18ClFN2O2/c1-13-18(19(25-27-13)16-4-2-3-5-17(16)22)20(26)24-12-21(10-11-21)14-6-8-15(23)9-7-14/h2-9H,10-12H2,1H3,(H,24,26). The number of hydrogen-bond acceptors (Lipinski definition) is 3. The molecule has 2 aromatic carbocycles. The molecule has 0 spiro atoms. The van der Waals surface area contributed by atoms with Crippen molar-refractivity contribution in [2.75, 3.05) is 6.54 Å². The SMILES string of the molecule is Cc1onc(-c2ccccc2Cl)c1C(=O)NCC1(c2ccc(F)cc2)CC1. The van der Waals surface area contributed by atoms with E-state index in [1.54, 1.807) is 31.2 Å². The Labute approximate surface area is 161 Å². The van der Waals surface area contributed by atoms with Crippen LogP contribution in [0.1, 0.15) is 34.5 Å². The van der Waals surface area contributed by atoms with Gasteiger partial charge in [-0.05, 0) is 43.5 Å². The lowest BCUT2D eigenvalue weighted by Gasteiger charge is -2.17. The summed E-state index contributed by atoms with van der Waals surface area (Å²) in [5.41, 5.74) is 2.39. The Morgan fingerprint density at radius 3 is 2.59 bits per heavy atom. The third-order valence-corrected chi connectivity index (χ3v) is 5.45. The molecule has 1 aliphatic rings. The van der Waals surface area contributed by atoms with Crippen LogP contribution in [0.15, 0.2) is 53.1 Å². The minimum absolute atomic E-state index is 0.126. The van der Waals surface area contributed by atoms with E-state index in [9.17, 15) is 9.18 Å². The Morgan fingerprint density at radius 2 is 1.93 bits per heavy atom. The highest BCUT2D eigenvalue weighted by atomic mass is 35.5. The molecule has 1 amide bonds. The van der Waals surface area contributed by atoms with Gasteiger partial charge in [-0.2, -0.15) is 0 Å². The number of hydrogen-bond donors (Lipinski definition) is 1. The summed E-state index contributed by atoms with van der Waals surface area (Å²) in [5, 5.41) is 7.53. The topological polar surface area (TPSA) is 55.1 Å². The second kappa shape index (κ2) is 6.82. The second-order valence-electron chi connectivity index (χ2n) is 6.91. The molecule has 0 unspecified atom stereocenters. The van der Waals surface area contributed by atoms with Crippen molar-refractivity contribution in [1.82, 2.24) is 10.5 Å². The number of amides is 1. The van der Waals surface area contributed by atoms with Crippen molar-refractivity contribution < 1.29 is 13.7 Å². The van der Waals surface area contributed by atoms with Crippen LogP contribution in [0.25, 0.3) is 11.3 Å². The Morgan fingerprint density at radius 1 is 1.22 bits per heavy atom. The highest BCUT2D eigenvalue weighted by Crippen LogP contribution is 2.47. The van der Waals surface area contributed by atoms with Crippen LogP contribution >= 0.6 is 11.6 Å². The third kappa shape index (κ3) is 3.35. The van der Waals surface area contributed by atoms with Gasteiger partial charge >= 0.3 is 0 Å². The van der Waals surface area contributed by atoms with Crippen LogP contribution < -0.4 is 5.32 Å². The molecule has 6 heteroatoms. The number of rotatable bonds is 5. The summed E-state index contributed by atoms with van der Waals surface area (Å²) in [6.07, 6.45) is 1.91. The van der Waals surface area contributed by atoms with Crippen LogP contribution in [0.2, 0.25) is 5.02 Å². The number of carbonyl (C=O) groups excluding carboxylic acids is 1. The van der Waals surface area contributed by atoms with E-state index in [1.807, 2.05) is 12.1 Å². The molecule has 4 nitrogen and oxygen atoms in total. The predicted molar refractivity (Wildman–Crippen MR) is 101 cm³/mol. The normalized spacial score (nSPS) is 14.8. The second-order valence-corrected chi connectivity index (χ2v) is 7.32. The molecule has 27 heavy (non-hydrogen) atoms. The van der Waals surface area contributed by atoms with Crippen LogP contribution in [0, 0.1) is 12.7 Å². The van der Waals surface area contributed by atoms with Crippen LogP contribution in [0.4, 0.5) is 4.39 Å². The van der Waals surface area contributed by atoms with Gasteiger partial charge < -0.3 is 9.84 Å². The van der Waals surface area contributed by atoms with E-state index in [-0.39, 0.29) is 17.1 Å². The molecule has 1 aromatic heterocycles. The molecular weight excluding hydrogens is 367 g/mol. The fourth-order valence-corrected chi connectivity index (χ4v) is 3.56. The number of aromatic nitrogens is 1. The number of benzene rings is 2. The first kappa shape index (κ1) is 17.7. The summed E-state index contributed by atoms with van der Waals surface area (Å²) >= 11 is 6.25. The number of nitrogens with one attached hydrogen (secondary N) is 1. The van der Waals surface area contributed by atoms with Gasteiger partial charge in [-0.25, -0.2) is 4.39 Å². The Bertz CT molecular complexity index is 994. The van der Waals surface area contributed by atoms with Gasteiger partial charge in [0, 0.05) is 17.5 Å². The zero-order valence-corrected chi connectivity index (χ0v) is 15.5. The molecule has 0 saturated heterocycles. The molecule has 0 radical (unpaired) electrons. The van der Waals surface area contributed by atoms with Crippen molar-refractivity contribution >= 4 is 17.5 Å². The van der Waals surface area contributed by atoms with Crippen molar-refractivity contribution in [2.24, 2.45) is 0 Å². The summed E-state index contributed by atoms with van der Waals surface area (Å²) in [7, 11) is 0. The van der Waals surface area contributed by atoms with Crippen molar-refractivity contribution in [1.29, 1.82) is 0 Å². The smallest absolute Gasteiger partial charge is 0.257 e. The van der Waals surface area contributed by atoms with E-state index < -0.39 is 0 Å². The van der Waals surface area contributed by atoms with E-state index in [1.165, 1.54) is 12.1 Å². The van der Waals surface area contributed by atoms with Gasteiger partial charge in [0.25, 0.3) is 5.91 Å². The van der Waals surface area contributed by atoms with Gasteiger partial charge in [0.05, 0.1) is 5.02 Å². The fourth-order valence-electron chi connectivity index (χ4n) is 3.34. The molecular formula is C21H18ClFN2O2. The first-order valence-corrected chi connectivity index (χ1v) is 9.13. The van der Waals surface area contributed by atoms with Crippen molar-refractivity contribution in [3.8, 4) is 11.3 Å². The van der Waals surface area contributed by atoms with E-state index in [0.29, 0.717) is 34.1 Å². The maximum absolute atomic E-state index is 13.2. The molecule has 138 valence electrons. The van der Waals surface area contributed by atoms with Gasteiger partial charge in [-0.3, -0.25) is 4.79 Å². The van der Waals surface area contributed by atoms with Crippen molar-refractivity contribution in [3.05, 3.63) is 76.3 Å². The maximum Gasteiger partial charge on any atom is 0.257 e. The van der Waals surface area contributed by atoms with E-state index in [2.05, 4.69) is 10.5 Å². The molecule has 4 rings (SSSR count). The van der Waals surface area contributed by atoms with Crippen LogP contribution in [-0.2, 0) is 5.41 Å². The third-order valence-electron chi connectivity index (χ3n) is 5.12. The maximum atomic E-state index is 13.2. The van der Waals surface area contributed by atoms with Crippen LogP contribution in [-0.4, -0.2) is 17.6 Å². The average molecular weight is 385 g/mol. The van der Waals surface area contributed by atoms with E-state index in [4.69, 9.17) is 16.1 Å². The molecule has 1 aliphatic carbocycles. The summed E-state index contributed by atoms with van der Waals surface area (Å²) in [4.78, 5) is 12.9. The highest BCUT2D eigenvalue weighted by Gasteiger charge is 2.44. The van der Waals surface area contributed by atoms with E-state index in [0.717, 1.165) is 18.4 Å². The largest absolute Gasteiger partial charge is 0.360 e. The highest BCUT2D eigenvalue weighted by molar-refractivity contribution is 6.33. The monoisotopic (exact) mass is 384 g/mol. The minimum Gasteiger partial charge on any atom is -0.360 e. The number of aryl methyl sites for hydroxylation is 1. The number of carbonyl (C=O) groups is 1. The molecule has 0 bridgehead atoms. The molecule has 1 fully saturated rings. The number of nitrogens with zero attached hydrogens (tertiary/aromatic N) is 1. The molecule has 1 N–H and O–H groups in total. The fraction of sp³-hybridized carbons (Fsp3) is 0.238. The summed E-state index contributed by atoms with van der Waals surface area (Å²) in [6.45, 7) is 2.18. The lowest BCUT2D eigenvalue weighted by Crippen LogP contribution is -2.32. The Hall–Kier alpha value is -2.66. The predicted octanol–water partition coefficient (Wildman–Crippen LogP) is 4.90. The molecule has 1 saturated carbocycles. The summed E-state index contributed by atoms with van der Waals surface area (Å²) in [5.74, 6) is -0.0748. The van der Waals surface area contributed by atoms with Crippen LogP contribution in [0.5, 0.6) is 0 Å². The van der Waals surface area contributed by atoms with E-state index >= 15 is 0 Å². The Kier molecular flexibility index (Phi) is 4.48. The average Bonchev–Trinajstić information content (AvgIpc) is 3.36.